The molecule has 222 valence electrons. The summed E-state index contributed by atoms with van der Waals surface area (Å²) in [5.74, 6) is -1.32. The number of carboxylic acids is 1. The molecule has 1 unspecified atom stereocenters. The minimum atomic E-state index is -5.08. The van der Waals surface area contributed by atoms with Crippen LogP contribution in [-0.2, 0) is 16.2 Å². The van der Waals surface area contributed by atoms with Gasteiger partial charge in [0.2, 0.25) is 5.95 Å². The molecule has 2 aromatic carbocycles. The lowest BCUT2D eigenvalue weighted by Gasteiger charge is -2.14. The van der Waals surface area contributed by atoms with Crippen molar-refractivity contribution in [1.82, 2.24) is 24.3 Å². The highest BCUT2D eigenvalue weighted by molar-refractivity contribution is 6.29. The molecule has 1 atom stereocenters. The van der Waals surface area contributed by atoms with Gasteiger partial charge in [-0.25, -0.2) is 18.9 Å². The van der Waals surface area contributed by atoms with Crippen molar-refractivity contribution < 1.29 is 37.0 Å². The number of oxime groups is 1. The summed E-state index contributed by atoms with van der Waals surface area (Å²) in [6, 6.07) is 12.1. The van der Waals surface area contributed by atoms with E-state index in [1.807, 2.05) is 22.9 Å². The molecular formula is C26H24ClF4N7O4. The number of halogens is 5. The smallest absolute Gasteiger partial charge is 0.490 e. The van der Waals surface area contributed by atoms with Crippen molar-refractivity contribution in [2.45, 2.75) is 31.5 Å². The number of benzene rings is 2. The molecule has 16 heteroatoms. The van der Waals surface area contributed by atoms with E-state index in [-0.39, 0.29) is 11.7 Å². The zero-order chi connectivity index (χ0) is 30.4. The molecule has 0 amide bonds. The van der Waals surface area contributed by atoms with Gasteiger partial charge in [0.05, 0.1) is 18.5 Å². The summed E-state index contributed by atoms with van der Waals surface area (Å²) < 4.78 is 54.5. The van der Waals surface area contributed by atoms with Crippen molar-refractivity contribution >= 4 is 34.9 Å². The van der Waals surface area contributed by atoms with Gasteiger partial charge in [0.1, 0.15) is 36.0 Å². The van der Waals surface area contributed by atoms with Crippen molar-refractivity contribution in [1.29, 1.82) is 0 Å². The number of hydrogen-bond donors (Lipinski definition) is 2. The fourth-order valence-corrected chi connectivity index (χ4v) is 4.34. The monoisotopic (exact) mass is 609 g/mol. The average molecular weight is 610 g/mol. The molecule has 42 heavy (non-hydrogen) atoms. The summed E-state index contributed by atoms with van der Waals surface area (Å²) in [5.41, 5.74) is 3.40. The predicted molar refractivity (Wildman–Crippen MR) is 144 cm³/mol. The van der Waals surface area contributed by atoms with Crippen LogP contribution in [0.25, 0.3) is 5.69 Å². The molecule has 0 spiro atoms. The third kappa shape index (κ3) is 7.34. The molecule has 1 aliphatic rings. The molecule has 0 bridgehead atoms. The van der Waals surface area contributed by atoms with Gasteiger partial charge in [-0.2, -0.15) is 18.2 Å². The molecule has 0 fully saturated rings. The Morgan fingerprint density at radius 2 is 1.90 bits per heavy atom. The Bertz CT molecular complexity index is 1570. The number of imidazole rings is 1. The van der Waals surface area contributed by atoms with E-state index in [2.05, 4.69) is 20.6 Å². The molecule has 0 saturated heterocycles. The standard InChI is InChI=1S/C24H23ClFN7O2.C2HF3O2/c1-34-21-12-17(7-8-20(21)32-13-22(25)27-14-32)28-24-29-23-19(15-3-5-16(26)6-4-15)11-18(31-35-2)9-10-33(23)30-24;3-2(4,5)1(6)7/h3-8,12-14,19H,9-11H2,1-2H3,(H,28,30);(H,6,7)/b31-18+;. The number of rotatable bonds is 6. The second-order valence-corrected chi connectivity index (χ2v) is 9.22. The summed E-state index contributed by atoms with van der Waals surface area (Å²) >= 11 is 5.96. The quantitative estimate of drug-likeness (QED) is 0.214. The van der Waals surface area contributed by atoms with Gasteiger partial charge in [0.25, 0.3) is 0 Å². The summed E-state index contributed by atoms with van der Waals surface area (Å²) in [7, 11) is 3.13. The van der Waals surface area contributed by atoms with E-state index in [1.165, 1.54) is 19.2 Å². The molecule has 5 rings (SSSR count). The number of methoxy groups -OCH3 is 1. The zero-order valence-electron chi connectivity index (χ0n) is 22.1. The van der Waals surface area contributed by atoms with Crippen molar-refractivity contribution in [3.8, 4) is 11.4 Å². The normalized spacial score (nSPS) is 15.7. The number of nitrogens with zero attached hydrogens (tertiary/aromatic N) is 6. The number of ether oxygens (including phenoxy) is 1. The van der Waals surface area contributed by atoms with Crippen LogP contribution in [-0.4, -0.2) is 61.5 Å². The number of aromatic nitrogens is 5. The first-order valence-corrected chi connectivity index (χ1v) is 12.6. The third-order valence-electron chi connectivity index (χ3n) is 6.06. The number of fused-ring (bicyclic) bond motifs is 1. The molecular weight excluding hydrogens is 586 g/mol. The van der Waals surface area contributed by atoms with Crippen LogP contribution in [0.4, 0.5) is 29.2 Å². The maximum absolute atomic E-state index is 13.6. The number of carbonyl (C=O) groups is 1. The minimum absolute atomic E-state index is 0.141. The lowest BCUT2D eigenvalue weighted by molar-refractivity contribution is -0.192. The van der Waals surface area contributed by atoms with Gasteiger partial charge in [-0.1, -0.05) is 28.9 Å². The Balaban J connectivity index is 0.000000517. The highest BCUT2D eigenvalue weighted by Crippen LogP contribution is 2.33. The van der Waals surface area contributed by atoms with Crippen LogP contribution >= 0.6 is 11.6 Å². The highest BCUT2D eigenvalue weighted by atomic mass is 35.5. The predicted octanol–water partition coefficient (Wildman–Crippen LogP) is 5.57. The van der Waals surface area contributed by atoms with Crippen molar-refractivity contribution in [3.05, 3.63) is 77.3 Å². The maximum atomic E-state index is 13.6. The summed E-state index contributed by atoms with van der Waals surface area (Å²) in [6.45, 7) is 0.605. The van der Waals surface area contributed by atoms with Gasteiger partial charge in [-0.15, -0.1) is 5.10 Å². The van der Waals surface area contributed by atoms with Crippen LogP contribution < -0.4 is 10.1 Å². The Hall–Kier alpha value is -4.66. The van der Waals surface area contributed by atoms with Gasteiger partial charge in [-0.05, 0) is 29.8 Å². The number of alkyl halides is 3. The van der Waals surface area contributed by atoms with Gasteiger partial charge >= 0.3 is 12.1 Å². The molecule has 0 saturated carbocycles. The fraction of sp³-hybridized carbons (Fsp3) is 0.269. The Kier molecular flexibility index (Phi) is 9.30. The lowest BCUT2D eigenvalue weighted by Crippen LogP contribution is -2.21. The summed E-state index contributed by atoms with van der Waals surface area (Å²) in [6.07, 6.45) is -0.472. The lowest BCUT2D eigenvalue weighted by atomic mass is 9.93. The van der Waals surface area contributed by atoms with E-state index in [9.17, 15) is 17.6 Å². The largest absolute Gasteiger partial charge is 0.494 e. The van der Waals surface area contributed by atoms with E-state index >= 15 is 0 Å². The first-order chi connectivity index (χ1) is 20.0. The molecule has 11 nitrogen and oxygen atoms in total. The highest BCUT2D eigenvalue weighted by Gasteiger charge is 2.38. The Morgan fingerprint density at radius 1 is 1.19 bits per heavy atom. The maximum Gasteiger partial charge on any atom is 0.490 e. The number of hydrogen-bond acceptors (Lipinski definition) is 8. The molecule has 2 aromatic heterocycles. The summed E-state index contributed by atoms with van der Waals surface area (Å²) in [4.78, 5) is 22.8. The van der Waals surface area contributed by atoms with Gasteiger partial charge < -0.3 is 24.6 Å². The van der Waals surface area contributed by atoms with Crippen LogP contribution in [0, 0.1) is 5.82 Å². The molecule has 1 aliphatic heterocycles. The first-order valence-electron chi connectivity index (χ1n) is 12.2. The van der Waals surface area contributed by atoms with E-state index in [0.717, 1.165) is 28.5 Å². The minimum Gasteiger partial charge on any atom is -0.494 e. The average Bonchev–Trinajstić information content (AvgIpc) is 3.52. The van der Waals surface area contributed by atoms with Crippen molar-refractivity contribution in [2.75, 3.05) is 19.5 Å². The van der Waals surface area contributed by atoms with Gasteiger partial charge in [0, 0.05) is 43.3 Å². The molecule has 3 heterocycles. The number of aliphatic carboxylic acids is 1. The second-order valence-electron chi connectivity index (χ2n) is 8.83. The van der Waals surface area contributed by atoms with Crippen LogP contribution in [0.1, 0.15) is 30.1 Å². The number of nitrogens with one attached hydrogen (secondary N) is 1. The summed E-state index contributed by atoms with van der Waals surface area (Å²) in [5, 5.41) is 19.6. The van der Waals surface area contributed by atoms with E-state index in [4.69, 9.17) is 36.1 Å². The Labute approximate surface area is 241 Å². The molecule has 2 N–H and O–H groups in total. The topological polar surface area (TPSA) is 129 Å². The molecule has 4 aromatic rings. The number of aryl methyl sites for hydroxylation is 1. The number of carboxylic acid groups (broad SMARTS) is 1. The van der Waals surface area contributed by atoms with Crippen molar-refractivity contribution in [3.63, 3.8) is 0 Å². The SMILES string of the molecule is CO/N=C1\CCn2nc(Nc3ccc(-n4cnc(Cl)c4)c(OC)c3)nc2C(c2ccc(F)cc2)C1.O=C(O)C(F)(F)F. The second kappa shape index (κ2) is 12.9. The van der Waals surface area contributed by atoms with Crippen LogP contribution in [0.2, 0.25) is 5.15 Å². The zero-order valence-corrected chi connectivity index (χ0v) is 22.9. The van der Waals surface area contributed by atoms with Gasteiger partial charge in [0.15, 0.2) is 0 Å². The molecule has 0 aliphatic carbocycles. The van der Waals surface area contributed by atoms with Gasteiger partial charge in [-0.3, -0.25) is 0 Å². The van der Waals surface area contributed by atoms with Crippen LogP contribution in [0.3, 0.4) is 0 Å². The molecule has 0 radical (unpaired) electrons. The van der Waals surface area contributed by atoms with Crippen LogP contribution in [0.5, 0.6) is 5.75 Å². The Morgan fingerprint density at radius 3 is 2.50 bits per heavy atom. The number of anilines is 2. The van der Waals surface area contributed by atoms with Crippen LogP contribution in [0.15, 0.2) is 60.1 Å². The van der Waals surface area contributed by atoms with Crippen molar-refractivity contribution in [2.24, 2.45) is 5.16 Å². The fourth-order valence-electron chi connectivity index (χ4n) is 4.20. The van der Waals surface area contributed by atoms with E-state index in [0.29, 0.717) is 36.2 Å². The third-order valence-corrected chi connectivity index (χ3v) is 6.26. The van der Waals surface area contributed by atoms with E-state index < -0.39 is 12.1 Å². The first kappa shape index (κ1) is 30.3. The van der Waals surface area contributed by atoms with E-state index in [1.54, 1.807) is 36.3 Å².